The largest absolute Gasteiger partial charge is 0.473 e. The predicted molar refractivity (Wildman–Crippen MR) is 126 cm³/mol. The molecule has 1 aliphatic heterocycles. The van der Waals surface area contributed by atoms with Crippen molar-refractivity contribution in [1.82, 2.24) is 14.9 Å². The smallest absolute Gasteiger partial charge is 0.471 e. The molecule has 0 unspecified atom stereocenters. The molecule has 0 bridgehead atoms. The fourth-order valence-electron chi connectivity index (χ4n) is 3.47. The van der Waals surface area contributed by atoms with Crippen molar-refractivity contribution in [2.75, 3.05) is 50.1 Å². The van der Waals surface area contributed by atoms with Crippen molar-refractivity contribution in [3.8, 4) is 17.4 Å². The zero-order chi connectivity index (χ0) is 25.0. The van der Waals surface area contributed by atoms with Gasteiger partial charge in [0.2, 0.25) is 11.8 Å². The summed E-state index contributed by atoms with van der Waals surface area (Å²) in [6.07, 6.45) is -3.33. The minimum Gasteiger partial charge on any atom is -0.473 e. The van der Waals surface area contributed by atoms with E-state index in [1.165, 1.54) is 24.3 Å². The van der Waals surface area contributed by atoms with Crippen LogP contribution in [0.5, 0.6) is 17.4 Å². The Balaban J connectivity index is 1.55. The molecule has 2 heterocycles. The summed E-state index contributed by atoms with van der Waals surface area (Å²) >= 11 is 0. The third-order valence-electron chi connectivity index (χ3n) is 5.35. The SMILES string of the molecule is C=CCOc1nc(N2CCN(C)CC2)nc2ccc(Oc3ccc(NC(=O)C(F)(F)F)cc3)cc12. The van der Waals surface area contributed by atoms with E-state index in [4.69, 9.17) is 14.5 Å². The number of carbonyl (C=O) groups is 1. The Morgan fingerprint density at radius 3 is 2.43 bits per heavy atom. The molecule has 0 aliphatic carbocycles. The number of benzene rings is 2. The van der Waals surface area contributed by atoms with Crippen molar-refractivity contribution in [1.29, 1.82) is 0 Å². The van der Waals surface area contributed by atoms with Crippen LogP contribution < -0.4 is 19.7 Å². The van der Waals surface area contributed by atoms with Gasteiger partial charge in [-0.05, 0) is 49.5 Å². The number of nitrogens with one attached hydrogen (secondary N) is 1. The first-order chi connectivity index (χ1) is 16.7. The maximum absolute atomic E-state index is 12.4. The standard InChI is InChI=1S/C24H24F3N5O3/c1-3-14-34-21-19-15-18(35-17-6-4-16(5-7-17)28-22(33)24(25,26)27)8-9-20(19)29-23(30-21)32-12-10-31(2)11-13-32/h3-9,15H,1,10-14H2,2H3,(H,28,33). The average molecular weight is 487 g/mol. The van der Waals surface area contributed by atoms with E-state index < -0.39 is 12.1 Å². The second-order valence-corrected chi connectivity index (χ2v) is 7.98. The monoisotopic (exact) mass is 487 g/mol. The van der Waals surface area contributed by atoms with E-state index in [1.54, 1.807) is 29.6 Å². The summed E-state index contributed by atoms with van der Waals surface area (Å²) in [6, 6.07) is 10.8. The summed E-state index contributed by atoms with van der Waals surface area (Å²) < 4.78 is 48.9. The number of rotatable bonds is 7. The second-order valence-electron chi connectivity index (χ2n) is 7.98. The molecule has 0 radical (unpaired) electrons. The number of ether oxygens (including phenoxy) is 2. The minimum atomic E-state index is -4.96. The van der Waals surface area contributed by atoms with Gasteiger partial charge in [-0.25, -0.2) is 4.98 Å². The molecule has 1 amide bonds. The molecule has 0 saturated carbocycles. The van der Waals surface area contributed by atoms with Crippen molar-refractivity contribution >= 4 is 28.4 Å². The number of nitrogens with zero attached hydrogens (tertiary/aromatic N) is 4. The van der Waals surface area contributed by atoms with Gasteiger partial charge < -0.3 is 24.6 Å². The summed E-state index contributed by atoms with van der Waals surface area (Å²) in [5.41, 5.74) is 0.689. The van der Waals surface area contributed by atoms with Crippen molar-refractivity contribution in [3.05, 3.63) is 55.1 Å². The highest BCUT2D eigenvalue weighted by atomic mass is 19.4. The van der Waals surface area contributed by atoms with Gasteiger partial charge >= 0.3 is 12.1 Å². The number of hydrogen-bond donors (Lipinski definition) is 1. The van der Waals surface area contributed by atoms with Gasteiger partial charge in [-0.1, -0.05) is 12.7 Å². The number of hydrogen-bond acceptors (Lipinski definition) is 7. The van der Waals surface area contributed by atoms with Gasteiger partial charge in [-0.15, -0.1) is 0 Å². The van der Waals surface area contributed by atoms with Gasteiger partial charge in [0.1, 0.15) is 18.1 Å². The molecule has 35 heavy (non-hydrogen) atoms. The van der Waals surface area contributed by atoms with Crippen LogP contribution in [-0.4, -0.2) is 66.8 Å². The number of halogens is 3. The Hall–Kier alpha value is -3.86. The van der Waals surface area contributed by atoms with Gasteiger partial charge in [-0.3, -0.25) is 4.79 Å². The second kappa shape index (κ2) is 10.2. The molecule has 1 saturated heterocycles. The molecule has 3 aromatic rings. The minimum absolute atomic E-state index is 0.00290. The first-order valence-corrected chi connectivity index (χ1v) is 10.9. The fraction of sp³-hybridized carbons (Fsp3) is 0.292. The summed E-state index contributed by atoms with van der Waals surface area (Å²) in [5.74, 6) is -0.208. The maximum Gasteiger partial charge on any atom is 0.471 e. The van der Waals surface area contributed by atoms with Crippen molar-refractivity contribution < 1.29 is 27.4 Å². The summed E-state index contributed by atoms with van der Waals surface area (Å²) in [7, 11) is 2.07. The molecule has 0 spiro atoms. The highest BCUT2D eigenvalue weighted by Gasteiger charge is 2.38. The Morgan fingerprint density at radius 2 is 1.77 bits per heavy atom. The van der Waals surface area contributed by atoms with E-state index in [1.807, 2.05) is 0 Å². The summed E-state index contributed by atoms with van der Waals surface area (Å²) in [5, 5.41) is 2.44. The number of likely N-dealkylation sites (N-methyl/N-ethyl adjacent to an activating group) is 1. The van der Waals surface area contributed by atoms with Crippen LogP contribution in [0.1, 0.15) is 0 Å². The highest BCUT2D eigenvalue weighted by molar-refractivity contribution is 5.94. The molecule has 1 fully saturated rings. The van der Waals surface area contributed by atoms with Crippen LogP contribution in [0.15, 0.2) is 55.1 Å². The Bertz CT molecular complexity index is 1210. The van der Waals surface area contributed by atoms with Crippen LogP contribution in [0.3, 0.4) is 0 Å². The molecular formula is C24H24F3N5O3. The van der Waals surface area contributed by atoms with Crippen molar-refractivity contribution in [2.24, 2.45) is 0 Å². The average Bonchev–Trinajstić information content (AvgIpc) is 2.83. The van der Waals surface area contributed by atoms with Crippen LogP contribution in [-0.2, 0) is 4.79 Å². The highest BCUT2D eigenvalue weighted by Crippen LogP contribution is 2.32. The van der Waals surface area contributed by atoms with Crippen molar-refractivity contribution in [2.45, 2.75) is 6.18 Å². The number of aromatic nitrogens is 2. The maximum atomic E-state index is 12.4. The Morgan fingerprint density at radius 1 is 1.09 bits per heavy atom. The number of fused-ring (bicyclic) bond motifs is 1. The van der Waals surface area contributed by atoms with Gasteiger partial charge in [0, 0.05) is 31.9 Å². The third kappa shape index (κ3) is 5.99. The number of amides is 1. The lowest BCUT2D eigenvalue weighted by atomic mass is 10.2. The molecule has 4 rings (SSSR count). The van der Waals surface area contributed by atoms with E-state index in [2.05, 4.69) is 28.4 Å². The fourth-order valence-corrected chi connectivity index (χ4v) is 3.47. The van der Waals surface area contributed by atoms with E-state index in [9.17, 15) is 18.0 Å². The number of carbonyl (C=O) groups excluding carboxylic acids is 1. The van der Waals surface area contributed by atoms with E-state index >= 15 is 0 Å². The van der Waals surface area contributed by atoms with Gasteiger partial charge in [0.05, 0.1) is 10.9 Å². The molecule has 0 atom stereocenters. The molecule has 1 N–H and O–H groups in total. The normalized spacial score (nSPS) is 14.6. The van der Waals surface area contributed by atoms with Crippen LogP contribution in [0.4, 0.5) is 24.8 Å². The third-order valence-corrected chi connectivity index (χ3v) is 5.35. The quantitative estimate of drug-likeness (QED) is 0.500. The zero-order valence-electron chi connectivity index (χ0n) is 19.0. The first kappa shape index (κ1) is 24.3. The van der Waals surface area contributed by atoms with Crippen molar-refractivity contribution in [3.63, 3.8) is 0 Å². The van der Waals surface area contributed by atoms with Gasteiger partial charge in [0.15, 0.2) is 0 Å². The van der Waals surface area contributed by atoms with Gasteiger partial charge in [-0.2, -0.15) is 18.2 Å². The number of anilines is 2. The van der Waals surface area contributed by atoms with E-state index in [0.717, 1.165) is 26.2 Å². The van der Waals surface area contributed by atoms with Gasteiger partial charge in [0.25, 0.3) is 0 Å². The predicted octanol–water partition coefficient (Wildman–Crippen LogP) is 4.24. The summed E-state index contributed by atoms with van der Waals surface area (Å²) in [6.45, 7) is 7.40. The van der Waals surface area contributed by atoms with Crippen LogP contribution in [0, 0.1) is 0 Å². The molecule has 11 heteroatoms. The van der Waals surface area contributed by atoms with Crippen LogP contribution in [0.2, 0.25) is 0 Å². The molecule has 184 valence electrons. The Labute approximate surface area is 200 Å². The van der Waals surface area contributed by atoms with E-state index in [0.29, 0.717) is 34.2 Å². The lowest BCUT2D eigenvalue weighted by Gasteiger charge is -2.32. The zero-order valence-corrected chi connectivity index (χ0v) is 19.0. The van der Waals surface area contributed by atoms with Crippen LogP contribution >= 0.6 is 0 Å². The lowest BCUT2D eigenvalue weighted by molar-refractivity contribution is -0.167. The molecule has 1 aliphatic rings. The first-order valence-electron chi connectivity index (χ1n) is 10.9. The molecule has 1 aromatic heterocycles. The number of alkyl halides is 3. The molecule has 8 nitrogen and oxygen atoms in total. The Kier molecular flexibility index (Phi) is 7.06. The topological polar surface area (TPSA) is 79.8 Å². The number of piperazine rings is 1. The lowest BCUT2D eigenvalue weighted by Crippen LogP contribution is -2.45. The summed E-state index contributed by atoms with van der Waals surface area (Å²) in [4.78, 5) is 24.8. The molecule has 2 aromatic carbocycles. The van der Waals surface area contributed by atoms with Crippen LogP contribution in [0.25, 0.3) is 10.9 Å². The van der Waals surface area contributed by atoms with E-state index in [-0.39, 0.29) is 12.3 Å². The molecular weight excluding hydrogens is 463 g/mol.